The molecule has 96 valence electrons. The maximum atomic E-state index is 13.5. The molecule has 0 aliphatic carbocycles. The van der Waals surface area contributed by atoms with E-state index in [0.717, 1.165) is 15.9 Å². The van der Waals surface area contributed by atoms with Crippen LogP contribution in [0, 0.1) is 5.82 Å². The quantitative estimate of drug-likeness (QED) is 0.673. The molecule has 0 unspecified atom stereocenters. The second kappa shape index (κ2) is 4.79. The van der Waals surface area contributed by atoms with Crippen LogP contribution in [0.4, 0.5) is 10.1 Å². The van der Waals surface area contributed by atoms with Gasteiger partial charge in [-0.1, -0.05) is 41.6 Å². The Morgan fingerprint density at radius 3 is 2.74 bits per heavy atom. The van der Waals surface area contributed by atoms with E-state index in [1.54, 1.807) is 0 Å². The monoisotopic (exact) mass is 292 g/mol. The molecule has 19 heavy (non-hydrogen) atoms. The van der Waals surface area contributed by atoms with Gasteiger partial charge in [-0.25, -0.2) is 4.39 Å². The molecule has 2 nitrogen and oxygen atoms in total. The Morgan fingerprint density at radius 1 is 1.16 bits per heavy atom. The second-order valence-electron chi connectivity index (χ2n) is 4.13. The van der Waals surface area contributed by atoms with Crippen LogP contribution in [0.25, 0.3) is 10.9 Å². The van der Waals surface area contributed by atoms with Gasteiger partial charge in [0.15, 0.2) is 0 Å². The SMILES string of the molecule is Nc1cc(Cl)c(F)cc1Sc1cc2ccccc2[nH]1. The molecule has 0 radical (unpaired) electrons. The summed E-state index contributed by atoms with van der Waals surface area (Å²) in [5.74, 6) is -0.463. The van der Waals surface area contributed by atoms with Crippen LogP contribution in [-0.4, -0.2) is 4.98 Å². The molecule has 0 amide bonds. The summed E-state index contributed by atoms with van der Waals surface area (Å²) in [5.41, 5.74) is 7.35. The van der Waals surface area contributed by atoms with E-state index in [4.69, 9.17) is 17.3 Å². The number of benzene rings is 2. The number of nitrogen functional groups attached to an aromatic ring is 1. The van der Waals surface area contributed by atoms with Gasteiger partial charge >= 0.3 is 0 Å². The molecule has 0 atom stereocenters. The first-order valence-electron chi connectivity index (χ1n) is 5.63. The zero-order valence-electron chi connectivity index (χ0n) is 9.78. The molecule has 3 aromatic rings. The minimum atomic E-state index is -0.463. The molecule has 0 spiro atoms. The first-order valence-corrected chi connectivity index (χ1v) is 6.83. The van der Waals surface area contributed by atoms with Crippen LogP contribution in [0.1, 0.15) is 0 Å². The average Bonchev–Trinajstić information content (AvgIpc) is 2.78. The van der Waals surface area contributed by atoms with Crippen LogP contribution in [-0.2, 0) is 0 Å². The zero-order valence-corrected chi connectivity index (χ0v) is 11.4. The Balaban J connectivity index is 1.98. The number of halogens is 2. The molecule has 3 rings (SSSR count). The van der Waals surface area contributed by atoms with E-state index >= 15 is 0 Å². The predicted octanol–water partition coefficient (Wildman–Crippen LogP) is 4.69. The molecule has 1 aromatic heterocycles. The molecule has 1 heterocycles. The molecule has 0 saturated carbocycles. The Morgan fingerprint density at radius 2 is 1.95 bits per heavy atom. The standard InChI is InChI=1S/C14H10ClFN2S/c15-9-6-11(17)13(7-10(9)16)19-14-5-8-3-1-2-4-12(8)18-14/h1-7,18H,17H2. The average molecular weight is 293 g/mol. The Kier molecular flexibility index (Phi) is 3.12. The number of H-pyrrole nitrogens is 1. The van der Waals surface area contributed by atoms with E-state index in [-0.39, 0.29) is 5.02 Å². The Bertz CT molecular complexity index is 721. The minimum Gasteiger partial charge on any atom is -0.398 e. The summed E-state index contributed by atoms with van der Waals surface area (Å²) in [5, 5.41) is 2.06. The van der Waals surface area contributed by atoms with Crippen molar-refractivity contribution in [2.45, 2.75) is 9.92 Å². The van der Waals surface area contributed by atoms with Crippen molar-refractivity contribution in [3.8, 4) is 0 Å². The molecule has 0 fully saturated rings. The van der Waals surface area contributed by atoms with Crippen molar-refractivity contribution in [3.05, 3.63) is 53.3 Å². The Labute approximate surface area is 118 Å². The largest absolute Gasteiger partial charge is 0.398 e. The fraction of sp³-hybridized carbons (Fsp3) is 0. The maximum Gasteiger partial charge on any atom is 0.143 e. The molecule has 0 saturated heterocycles. The van der Waals surface area contributed by atoms with Crippen molar-refractivity contribution in [2.24, 2.45) is 0 Å². The van der Waals surface area contributed by atoms with Gasteiger partial charge in [-0.3, -0.25) is 0 Å². The van der Waals surface area contributed by atoms with Gasteiger partial charge in [0.25, 0.3) is 0 Å². The number of hydrogen-bond donors (Lipinski definition) is 2. The van der Waals surface area contributed by atoms with Crippen LogP contribution in [0.15, 0.2) is 52.4 Å². The maximum absolute atomic E-state index is 13.5. The number of nitrogens with one attached hydrogen (secondary N) is 1. The number of aromatic amines is 1. The molecule has 5 heteroatoms. The first-order chi connectivity index (χ1) is 9.13. The number of para-hydroxylation sites is 1. The highest BCUT2D eigenvalue weighted by Crippen LogP contribution is 2.35. The highest BCUT2D eigenvalue weighted by atomic mass is 35.5. The van der Waals surface area contributed by atoms with E-state index in [1.165, 1.54) is 23.9 Å². The van der Waals surface area contributed by atoms with Crippen molar-refractivity contribution in [3.63, 3.8) is 0 Å². The van der Waals surface area contributed by atoms with Gasteiger partial charge < -0.3 is 10.7 Å². The number of hydrogen-bond acceptors (Lipinski definition) is 2. The summed E-state index contributed by atoms with van der Waals surface area (Å²) >= 11 is 7.06. The third kappa shape index (κ3) is 2.41. The third-order valence-electron chi connectivity index (χ3n) is 2.78. The van der Waals surface area contributed by atoms with Gasteiger partial charge in [0.05, 0.1) is 10.0 Å². The number of nitrogens with two attached hydrogens (primary N) is 1. The molecule has 2 aromatic carbocycles. The lowest BCUT2D eigenvalue weighted by Gasteiger charge is -2.05. The van der Waals surface area contributed by atoms with E-state index in [1.807, 2.05) is 30.3 Å². The predicted molar refractivity (Wildman–Crippen MR) is 78.2 cm³/mol. The van der Waals surface area contributed by atoms with Gasteiger partial charge in [-0.15, -0.1) is 0 Å². The van der Waals surface area contributed by atoms with Crippen molar-refractivity contribution in [2.75, 3.05) is 5.73 Å². The number of anilines is 1. The van der Waals surface area contributed by atoms with E-state index in [2.05, 4.69) is 4.98 Å². The fourth-order valence-electron chi connectivity index (χ4n) is 1.85. The highest BCUT2D eigenvalue weighted by Gasteiger charge is 2.09. The molecular formula is C14H10ClFN2S. The van der Waals surface area contributed by atoms with Crippen LogP contribution in [0.2, 0.25) is 5.02 Å². The van der Waals surface area contributed by atoms with Gasteiger partial charge in [-0.05, 0) is 24.3 Å². The lowest BCUT2D eigenvalue weighted by atomic mass is 10.3. The summed E-state index contributed by atoms with van der Waals surface area (Å²) in [6.07, 6.45) is 0. The van der Waals surface area contributed by atoms with Gasteiger partial charge in [0.2, 0.25) is 0 Å². The van der Waals surface area contributed by atoms with Gasteiger partial charge in [0, 0.05) is 21.5 Å². The van der Waals surface area contributed by atoms with Crippen molar-refractivity contribution >= 4 is 40.0 Å². The van der Waals surface area contributed by atoms with E-state index in [9.17, 15) is 4.39 Å². The van der Waals surface area contributed by atoms with Crippen molar-refractivity contribution in [1.82, 2.24) is 4.98 Å². The first kappa shape index (κ1) is 12.4. The molecule has 0 bridgehead atoms. The lowest BCUT2D eigenvalue weighted by molar-refractivity contribution is 0.625. The minimum absolute atomic E-state index is 0.0403. The second-order valence-corrected chi connectivity index (χ2v) is 5.62. The van der Waals surface area contributed by atoms with Crippen molar-refractivity contribution < 1.29 is 4.39 Å². The van der Waals surface area contributed by atoms with Crippen LogP contribution in [0.5, 0.6) is 0 Å². The zero-order chi connectivity index (χ0) is 13.4. The van der Waals surface area contributed by atoms with Crippen LogP contribution >= 0.6 is 23.4 Å². The summed E-state index contributed by atoms with van der Waals surface area (Å²) in [7, 11) is 0. The molecule has 0 aliphatic heterocycles. The Hall–Kier alpha value is -1.65. The summed E-state index contributed by atoms with van der Waals surface area (Å²) in [6, 6.07) is 12.7. The molecule has 0 aliphatic rings. The molecule has 3 N–H and O–H groups in total. The van der Waals surface area contributed by atoms with Crippen LogP contribution in [0.3, 0.4) is 0 Å². The van der Waals surface area contributed by atoms with E-state index in [0.29, 0.717) is 10.6 Å². The number of rotatable bonds is 2. The summed E-state index contributed by atoms with van der Waals surface area (Å²) < 4.78 is 13.5. The highest BCUT2D eigenvalue weighted by molar-refractivity contribution is 7.99. The lowest BCUT2D eigenvalue weighted by Crippen LogP contribution is -1.90. The number of aromatic nitrogens is 1. The normalized spacial score (nSPS) is 11.1. The van der Waals surface area contributed by atoms with Crippen molar-refractivity contribution in [1.29, 1.82) is 0 Å². The van der Waals surface area contributed by atoms with E-state index < -0.39 is 5.82 Å². The molecular weight excluding hydrogens is 283 g/mol. The summed E-state index contributed by atoms with van der Waals surface area (Å²) in [4.78, 5) is 3.90. The van der Waals surface area contributed by atoms with Crippen LogP contribution < -0.4 is 5.73 Å². The van der Waals surface area contributed by atoms with Gasteiger partial charge in [0.1, 0.15) is 5.82 Å². The number of fused-ring (bicyclic) bond motifs is 1. The fourth-order valence-corrected chi connectivity index (χ4v) is 2.95. The smallest absolute Gasteiger partial charge is 0.143 e. The topological polar surface area (TPSA) is 41.8 Å². The summed E-state index contributed by atoms with van der Waals surface area (Å²) in [6.45, 7) is 0. The third-order valence-corrected chi connectivity index (χ3v) is 4.08. The van der Waals surface area contributed by atoms with Gasteiger partial charge in [-0.2, -0.15) is 0 Å².